The van der Waals surface area contributed by atoms with Crippen LogP contribution in [-0.4, -0.2) is 22.5 Å². The van der Waals surface area contributed by atoms with E-state index in [2.05, 4.69) is 17.2 Å². The van der Waals surface area contributed by atoms with Crippen molar-refractivity contribution in [2.45, 2.75) is 37.8 Å². The van der Waals surface area contributed by atoms with Crippen LogP contribution in [0.2, 0.25) is 0 Å². The molecule has 1 aromatic carbocycles. The van der Waals surface area contributed by atoms with E-state index in [1.807, 2.05) is 23.9 Å². The molecule has 2 unspecified atom stereocenters. The first-order chi connectivity index (χ1) is 9.25. The molecule has 102 valence electrons. The molecule has 3 rings (SSSR count). The molecule has 1 aromatic heterocycles. The van der Waals surface area contributed by atoms with Gasteiger partial charge in [-0.1, -0.05) is 18.2 Å². The van der Waals surface area contributed by atoms with Gasteiger partial charge in [-0.15, -0.1) is 0 Å². The van der Waals surface area contributed by atoms with Gasteiger partial charge in [0.25, 0.3) is 0 Å². The maximum atomic E-state index is 6.32. The van der Waals surface area contributed by atoms with Crippen LogP contribution in [0.4, 0.5) is 0 Å². The lowest BCUT2D eigenvalue weighted by Crippen LogP contribution is -2.15. The molecule has 4 nitrogen and oxygen atoms in total. The van der Waals surface area contributed by atoms with Crippen LogP contribution in [0.1, 0.15) is 37.4 Å². The summed E-state index contributed by atoms with van der Waals surface area (Å²) < 4.78 is 7.56. The number of rotatable bonds is 4. The summed E-state index contributed by atoms with van der Waals surface area (Å²) in [5.41, 5.74) is 8.47. The van der Waals surface area contributed by atoms with E-state index in [9.17, 15) is 0 Å². The Morgan fingerprint density at radius 3 is 3.11 bits per heavy atom. The van der Waals surface area contributed by atoms with Crippen molar-refractivity contribution in [3.8, 4) is 0 Å². The van der Waals surface area contributed by atoms with E-state index in [1.54, 1.807) is 0 Å². The molecule has 2 atom stereocenters. The van der Waals surface area contributed by atoms with E-state index in [1.165, 1.54) is 18.2 Å². The fraction of sp³-hybridized carbons (Fsp3) is 0.533. The van der Waals surface area contributed by atoms with Gasteiger partial charge in [-0.3, -0.25) is 4.68 Å². The zero-order valence-electron chi connectivity index (χ0n) is 11.4. The Kier molecular flexibility index (Phi) is 3.53. The van der Waals surface area contributed by atoms with Crippen LogP contribution in [0.25, 0.3) is 10.9 Å². The summed E-state index contributed by atoms with van der Waals surface area (Å²) in [6, 6.07) is 8.25. The highest BCUT2D eigenvalue weighted by Crippen LogP contribution is 2.26. The van der Waals surface area contributed by atoms with E-state index >= 15 is 0 Å². The van der Waals surface area contributed by atoms with Crippen LogP contribution in [0.15, 0.2) is 24.3 Å². The van der Waals surface area contributed by atoms with Gasteiger partial charge in [0.15, 0.2) is 0 Å². The lowest BCUT2D eigenvalue weighted by Gasteiger charge is -2.13. The summed E-state index contributed by atoms with van der Waals surface area (Å²) >= 11 is 0. The third-order valence-electron chi connectivity index (χ3n) is 3.96. The number of hydrogen-bond donors (Lipinski definition) is 1. The molecule has 0 bridgehead atoms. The fourth-order valence-electron chi connectivity index (χ4n) is 2.89. The maximum absolute atomic E-state index is 6.32. The largest absolute Gasteiger partial charge is 0.378 e. The Balaban J connectivity index is 1.75. The number of benzene rings is 1. The van der Waals surface area contributed by atoms with Crippen molar-refractivity contribution < 1.29 is 4.74 Å². The lowest BCUT2D eigenvalue weighted by atomic mass is 10.0. The number of aryl methyl sites for hydroxylation is 1. The van der Waals surface area contributed by atoms with Crippen molar-refractivity contribution in [1.29, 1.82) is 0 Å². The van der Waals surface area contributed by atoms with Gasteiger partial charge in [-0.25, -0.2) is 0 Å². The summed E-state index contributed by atoms with van der Waals surface area (Å²) in [5, 5.41) is 5.76. The minimum atomic E-state index is -0.00435. The molecule has 0 spiro atoms. The average Bonchev–Trinajstić information content (AvgIpc) is 3.05. The maximum Gasteiger partial charge on any atom is 0.0870 e. The van der Waals surface area contributed by atoms with Crippen molar-refractivity contribution in [2.75, 3.05) is 6.61 Å². The summed E-state index contributed by atoms with van der Waals surface area (Å²) in [5.74, 6) is 0. The number of fused-ring (bicyclic) bond motifs is 1. The molecule has 1 aliphatic rings. The number of ether oxygens (including phenoxy) is 1. The van der Waals surface area contributed by atoms with Crippen LogP contribution in [-0.2, 0) is 11.8 Å². The van der Waals surface area contributed by atoms with Crippen molar-refractivity contribution >= 4 is 10.9 Å². The second kappa shape index (κ2) is 5.31. The smallest absolute Gasteiger partial charge is 0.0870 e. The average molecular weight is 259 g/mol. The van der Waals surface area contributed by atoms with Crippen molar-refractivity contribution in [3.63, 3.8) is 0 Å². The highest BCUT2D eigenvalue weighted by atomic mass is 16.5. The summed E-state index contributed by atoms with van der Waals surface area (Å²) in [4.78, 5) is 0. The Morgan fingerprint density at radius 2 is 2.32 bits per heavy atom. The quantitative estimate of drug-likeness (QED) is 0.918. The van der Waals surface area contributed by atoms with Crippen LogP contribution in [0.5, 0.6) is 0 Å². The number of nitrogens with two attached hydrogens (primary N) is 1. The molecular weight excluding hydrogens is 238 g/mol. The van der Waals surface area contributed by atoms with Crippen molar-refractivity contribution in [1.82, 2.24) is 9.78 Å². The van der Waals surface area contributed by atoms with E-state index in [-0.39, 0.29) is 6.04 Å². The molecule has 2 aromatic rings. The van der Waals surface area contributed by atoms with Gasteiger partial charge in [0.1, 0.15) is 0 Å². The minimum absolute atomic E-state index is 0.00435. The summed E-state index contributed by atoms with van der Waals surface area (Å²) in [6.07, 6.45) is 4.74. The summed E-state index contributed by atoms with van der Waals surface area (Å²) in [7, 11) is 1.97. The zero-order valence-corrected chi connectivity index (χ0v) is 11.4. The molecule has 2 heterocycles. The molecule has 0 saturated carbocycles. The first kappa shape index (κ1) is 12.6. The van der Waals surface area contributed by atoms with E-state index in [0.29, 0.717) is 6.10 Å². The van der Waals surface area contributed by atoms with Gasteiger partial charge in [0, 0.05) is 25.1 Å². The molecule has 4 heteroatoms. The molecule has 0 aliphatic carbocycles. The van der Waals surface area contributed by atoms with Crippen LogP contribution in [0.3, 0.4) is 0 Å². The van der Waals surface area contributed by atoms with Gasteiger partial charge in [0.05, 0.1) is 17.3 Å². The first-order valence-corrected chi connectivity index (χ1v) is 7.04. The Morgan fingerprint density at radius 1 is 1.47 bits per heavy atom. The van der Waals surface area contributed by atoms with Gasteiger partial charge in [0.2, 0.25) is 0 Å². The third-order valence-corrected chi connectivity index (χ3v) is 3.96. The zero-order chi connectivity index (χ0) is 13.2. The SMILES string of the molecule is Cn1nc(C(N)CCC2CCCO2)c2ccccc21. The predicted molar refractivity (Wildman–Crippen MR) is 75.9 cm³/mol. The second-order valence-electron chi connectivity index (χ2n) is 5.34. The van der Waals surface area contributed by atoms with Crippen LogP contribution in [0, 0.1) is 0 Å². The minimum Gasteiger partial charge on any atom is -0.378 e. The monoisotopic (exact) mass is 259 g/mol. The van der Waals surface area contributed by atoms with Gasteiger partial charge >= 0.3 is 0 Å². The standard InChI is InChI=1S/C15H21N3O/c1-18-14-7-3-2-6-12(14)15(17-18)13(16)9-8-11-5-4-10-19-11/h2-3,6-7,11,13H,4-5,8-10,16H2,1H3. The van der Waals surface area contributed by atoms with Gasteiger partial charge in [-0.05, 0) is 31.7 Å². The van der Waals surface area contributed by atoms with E-state index in [4.69, 9.17) is 10.5 Å². The van der Waals surface area contributed by atoms with Crippen LogP contribution >= 0.6 is 0 Å². The Hall–Kier alpha value is -1.39. The highest BCUT2D eigenvalue weighted by molar-refractivity contribution is 5.82. The molecule has 2 N–H and O–H groups in total. The number of hydrogen-bond acceptors (Lipinski definition) is 3. The Bertz CT molecular complexity index is 558. The molecule has 1 aliphatic heterocycles. The molecule has 1 fully saturated rings. The molecule has 1 saturated heterocycles. The topological polar surface area (TPSA) is 53.1 Å². The van der Waals surface area contributed by atoms with Crippen molar-refractivity contribution in [2.24, 2.45) is 12.8 Å². The summed E-state index contributed by atoms with van der Waals surface area (Å²) in [6.45, 7) is 0.909. The number of aromatic nitrogens is 2. The highest BCUT2D eigenvalue weighted by Gasteiger charge is 2.19. The molecule has 19 heavy (non-hydrogen) atoms. The van der Waals surface area contributed by atoms with E-state index in [0.717, 1.165) is 30.7 Å². The van der Waals surface area contributed by atoms with Gasteiger partial charge in [-0.2, -0.15) is 5.10 Å². The third kappa shape index (κ3) is 2.51. The van der Waals surface area contributed by atoms with E-state index < -0.39 is 0 Å². The normalized spacial score (nSPS) is 21.1. The Labute approximate surface area is 113 Å². The van der Waals surface area contributed by atoms with Gasteiger partial charge < -0.3 is 10.5 Å². The van der Waals surface area contributed by atoms with Crippen LogP contribution < -0.4 is 5.73 Å². The molecule has 0 radical (unpaired) electrons. The first-order valence-electron chi connectivity index (χ1n) is 7.04. The lowest BCUT2D eigenvalue weighted by molar-refractivity contribution is 0.101. The fourth-order valence-corrected chi connectivity index (χ4v) is 2.89. The predicted octanol–water partition coefficient (Wildman–Crippen LogP) is 2.53. The number of para-hydroxylation sites is 1. The van der Waals surface area contributed by atoms with Crippen molar-refractivity contribution in [3.05, 3.63) is 30.0 Å². The molecular formula is C15H21N3O. The number of nitrogens with zero attached hydrogens (tertiary/aromatic N) is 2. The second-order valence-corrected chi connectivity index (χ2v) is 5.34. The molecule has 0 amide bonds.